The zero-order chi connectivity index (χ0) is 9.99. The van der Waals surface area contributed by atoms with Crippen LogP contribution in [-0.4, -0.2) is 27.6 Å². The molecule has 2 N–H and O–H groups in total. The lowest BCUT2D eigenvalue weighted by atomic mass is 10.1. The summed E-state index contributed by atoms with van der Waals surface area (Å²) in [4.78, 5) is 10.3. The maximum absolute atomic E-state index is 10.3. The standard InChI is InChI=1S/C8H16O4/c1-7(2,3)12-8(4,11)5-6(9)10/h11H,5H2,1-4H3,(H,9,10). The van der Waals surface area contributed by atoms with Gasteiger partial charge < -0.3 is 14.9 Å². The minimum atomic E-state index is -1.59. The highest BCUT2D eigenvalue weighted by Gasteiger charge is 2.30. The van der Waals surface area contributed by atoms with Crippen LogP contribution in [0.3, 0.4) is 0 Å². The molecule has 4 nitrogen and oxygen atoms in total. The first-order chi connectivity index (χ1) is 5.12. The van der Waals surface area contributed by atoms with Crippen molar-refractivity contribution in [1.82, 2.24) is 0 Å². The van der Waals surface area contributed by atoms with Gasteiger partial charge in [-0.2, -0.15) is 0 Å². The number of carboxylic acid groups (broad SMARTS) is 1. The van der Waals surface area contributed by atoms with E-state index in [9.17, 15) is 9.90 Å². The molecule has 1 unspecified atom stereocenters. The summed E-state index contributed by atoms with van der Waals surface area (Å²) in [6.45, 7) is 6.60. The van der Waals surface area contributed by atoms with Gasteiger partial charge in [-0.3, -0.25) is 4.79 Å². The van der Waals surface area contributed by atoms with Crippen LogP contribution < -0.4 is 0 Å². The lowest BCUT2D eigenvalue weighted by Crippen LogP contribution is -2.39. The van der Waals surface area contributed by atoms with Crippen molar-refractivity contribution in [3.05, 3.63) is 0 Å². The molecule has 0 heterocycles. The highest BCUT2D eigenvalue weighted by molar-refractivity contribution is 5.67. The van der Waals surface area contributed by atoms with Crippen LogP contribution in [0.5, 0.6) is 0 Å². The summed E-state index contributed by atoms with van der Waals surface area (Å²) in [6.07, 6.45) is -0.412. The predicted molar refractivity (Wildman–Crippen MR) is 43.7 cm³/mol. The first-order valence-corrected chi connectivity index (χ1v) is 3.77. The van der Waals surface area contributed by atoms with E-state index in [1.54, 1.807) is 20.8 Å². The van der Waals surface area contributed by atoms with Crippen molar-refractivity contribution in [3.63, 3.8) is 0 Å². The van der Waals surface area contributed by atoms with Gasteiger partial charge in [0.1, 0.15) is 0 Å². The van der Waals surface area contributed by atoms with E-state index in [0.29, 0.717) is 0 Å². The second-order valence-electron chi connectivity index (χ2n) is 3.96. The maximum atomic E-state index is 10.3. The summed E-state index contributed by atoms with van der Waals surface area (Å²) in [7, 11) is 0. The zero-order valence-corrected chi connectivity index (χ0v) is 7.92. The molecule has 0 spiro atoms. The minimum absolute atomic E-state index is 0.412. The van der Waals surface area contributed by atoms with Crippen LogP contribution in [0.15, 0.2) is 0 Å². The van der Waals surface area contributed by atoms with E-state index in [1.165, 1.54) is 6.92 Å². The smallest absolute Gasteiger partial charge is 0.308 e. The van der Waals surface area contributed by atoms with Gasteiger partial charge in [0.05, 0.1) is 12.0 Å². The highest BCUT2D eigenvalue weighted by atomic mass is 16.6. The van der Waals surface area contributed by atoms with Crippen LogP contribution in [0.25, 0.3) is 0 Å². The summed E-state index contributed by atoms with van der Waals surface area (Å²) in [5, 5.41) is 17.8. The van der Waals surface area contributed by atoms with Gasteiger partial charge in [-0.05, 0) is 27.7 Å². The molecular formula is C8H16O4. The van der Waals surface area contributed by atoms with E-state index < -0.39 is 23.8 Å². The van der Waals surface area contributed by atoms with E-state index in [1.807, 2.05) is 0 Å². The Labute approximate surface area is 72.2 Å². The lowest BCUT2D eigenvalue weighted by Gasteiger charge is -2.30. The average molecular weight is 176 g/mol. The van der Waals surface area contributed by atoms with Crippen molar-refractivity contribution < 1.29 is 19.7 Å². The highest BCUT2D eigenvalue weighted by Crippen LogP contribution is 2.20. The van der Waals surface area contributed by atoms with Crippen molar-refractivity contribution in [2.75, 3.05) is 0 Å². The van der Waals surface area contributed by atoms with Crippen molar-refractivity contribution in [2.24, 2.45) is 0 Å². The summed E-state index contributed by atoms with van der Waals surface area (Å²) in [6, 6.07) is 0. The third-order valence-electron chi connectivity index (χ3n) is 1.01. The fourth-order valence-electron chi connectivity index (χ4n) is 0.976. The molecular weight excluding hydrogens is 160 g/mol. The first-order valence-electron chi connectivity index (χ1n) is 3.77. The summed E-state index contributed by atoms with van der Waals surface area (Å²) >= 11 is 0. The summed E-state index contributed by atoms with van der Waals surface area (Å²) in [5.74, 6) is -2.67. The fourth-order valence-corrected chi connectivity index (χ4v) is 0.976. The zero-order valence-electron chi connectivity index (χ0n) is 7.92. The molecule has 0 saturated heterocycles. The van der Waals surface area contributed by atoms with E-state index in [4.69, 9.17) is 9.84 Å². The van der Waals surface area contributed by atoms with Crippen LogP contribution in [0.1, 0.15) is 34.1 Å². The summed E-state index contributed by atoms with van der Waals surface area (Å²) in [5.41, 5.74) is -0.543. The molecule has 1 atom stereocenters. The predicted octanol–water partition coefficient (Wildman–Crippen LogP) is 0.985. The molecule has 12 heavy (non-hydrogen) atoms. The number of ether oxygens (including phenoxy) is 1. The number of hydrogen-bond acceptors (Lipinski definition) is 3. The molecule has 0 aromatic carbocycles. The SMILES string of the molecule is CC(C)(C)OC(C)(O)CC(=O)O. The first kappa shape index (κ1) is 11.4. The second-order valence-corrected chi connectivity index (χ2v) is 3.96. The Bertz CT molecular complexity index is 166. The van der Waals surface area contributed by atoms with Gasteiger partial charge in [-0.1, -0.05) is 0 Å². The number of aliphatic carboxylic acids is 1. The Balaban J connectivity index is 4.13. The topological polar surface area (TPSA) is 66.8 Å². The van der Waals surface area contributed by atoms with Crippen LogP contribution in [0, 0.1) is 0 Å². The van der Waals surface area contributed by atoms with Crippen LogP contribution in [0.2, 0.25) is 0 Å². The monoisotopic (exact) mass is 176 g/mol. The summed E-state index contributed by atoms with van der Waals surface area (Å²) < 4.78 is 5.11. The third-order valence-corrected chi connectivity index (χ3v) is 1.01. The van der Waals surface area contributed by atoms with Gasteiger partial charge in [-0.15, -0.1) is 0 Å². The van der Waals surface area contributed by atoms with Crippen molar-refractivity contribution in [3.8, 4) is 0 Å². The molecule has 0 rings (SSSR count). The molecule has 0 aromatic rings. The van der Waals surface area contributed by atoms with Crippen molar-refractivity contribution in [1.29, 1.82) is 0 Å². The third kappa shape index (κ3) is 6.12. The van der Waals surface area contributed by atoms with Gasteiger partial charge in [0, 0.05) is 0 Å². The fraction of sp³-hybridized carbons (Fsp3) is 0.875. The number of carbonyl (C=O) groups is 1. The molecule has 72 valence electrons. The van der Waals surface area contributed by atoms with E-state index in [-0.39, 0.29) is 0 Å². The number of hydrogen-bond donors (Lipinski definition) is 2. The lowest BCUT2D eigenvalue weighted by molar-refractivity contribution is -0.244. The van der Waals surface area contributed by atoms with E-state index in [2.05, 4.69) is 0 Å². The van der Waals surface area contributed by atoms with Crippen LogP contribution in [-0.2, 0) is 9.53 Å². The number of carboxylic acids is 1. The normalized spacial score (nSPS) is 17.1. The quantitative estimate of drug-likeness (QED) is 0.629. The molecule has 0 aliphatic heterocycles. The van der Waals surface area contributed by atoms with E-state index in [0.717, 1.165) is 0 Å². The van der Waals surface area contributed by atoms with Crippen molar-refractivity contribution >= 4 is 5.97 Å². The number of rotatable bonds is 3. The maximum Gasteiger partial charge on any atom is 0.308 e. The molecule has 0 bridgehead atoms. The van der Waals surface area contributed by atoms with Gasteiger partial charge in [-0.25, -0.2) is 0 Å². The van der Waals surface area contributed by atoms with Gasteiger partial charge in [0.15, 0.2) is 5.79 Å². The molecule has 0 aromatic heterocycles. The molecule has 0 aliphatic rings. The molecule has 0 amide bonds. The Kier molecular flexibility index (Phi) is 3.24. The average Bonchev–Trinajstić information content (AvgIpc) is 1.48. The Morgan fingerprint density at radius 1 is 1.33 bits per heavy atom. The van der Waals surface area contributed by atoms with Gasteiger partial charge in [0.2, 0.25) is 0 Å². The van der Waals surface area contributed by atoms with Crippen LogP contribution in [0.4, 0.5) is 0 Å². The Morgan fingerprint density at radius 3 is 2.00 bits per heavy atom. The number of aliphatic hydroxyl groups is 1. The molecule has 0 radical (unpaired) electrons. The second kappa shape index (κ2) is 3.41. The van der Waals surface area contributed by atoms with Gasteiger partial charge >= 0.3 is 5.97 Å². The van der Waals surface area contributed by atoms with E-state index >= 15 is 0 Å². The van der Waals surface area contributed by atoms with Crippen molar-refractivity contribution in [2.45, 2.75) is 45.5 Å². The molecule has 0 aliphatic carbocycles. The van der Waals surface area contributed by atoms with Gasteiger partial charge in [0.25, 0.3) is 0 Å². The Hall–Kier alpha value is -0.610. The molecule has 0 fully saturated rings. The Morgan fingerprint density at radius 2 is 1.75 bits per heavy atom. The minimum Gasteiger partial charge on any atom is -0.481 e. The molecule has 0 saturated carbocycles. The molecule has 4 heteroatoms. The van der Waals surface area contributed by atoms with Crippen LogP contribution >= 0.6 is 0 Å². The largest absolute Gasteiger partial charge is 0.481 e.